The summed E-state index contributed by atoms with van der Waals surface area (Å²) in [5.41, 5.74) is 2.48. The van der Waals surface area contributed by atoms with Crippen LogP contribution < -0.4 is 10.1 Å². The van der Waals surface area contributed by atoms with E-state index in [9.17, 15) is 14.4 Å². The zero-order valence-corrected chi connectivity index (χ0v) is 17.1. The molecule has 156 valence electrons. The molecule has 1 fully saturated rings. The number of fused-ring (bicyclic) bond motifs is 1. The lowest BCUT2D eigenvalue weighted by Crippen LogP contribution is -2.31. The van der Waals surface area contributed by atoms with E-state index in [1.165, 1.54) is 17.7 Å². The van der Waals surface area contributed by atoms with Gasteiger partial charge in [-0.05, 0) is 63.3 Å². The fourth-order valence-corrected chi connectivity index (χ4v) is 4.08. The highest BCUT2D eigenvalue weighted by Crippen LogP contribution is 2.30. The molecule has 1 N–H and O–H groups in total. The van der Waals surface area contributed by atoms with Gasteiger partial charge in [0.25, 0.3) is 11.8 Å². The first-order chi connectivity index (χ1) is 14.5. The van der Waals surface area contributed by atoms with Crippen molar-refractivity contribution in [2.75, 3.05) is 11.9 Å². The summed E-state index contributed by atoms with van der Waals surface area (Å²) in [5.74, 6) is -0.0430. The molecule has 0 radical (unpaired) electrons. The Morgan fingerprint density at radius 2 is 1.80 bits per heavy atom. The fraction of sp³-hybridized carbons (Fsp3) is 0.375. The molecule has 3 amide bonds. The number of hydrogen-bond donors (Lipinski definition) is 1. The van der Waals surface area contributed by atoms with Gasteiger partial charge in [-0.15, -0.1) is 0 Å². The summed E-state index contributed by atoms with van der Waals surface area (Å²) in [4.78, 5) is 38.7. The molecule has 30 heavy (non-hydrogen) atoms. The molecule has 1 saturated carbocycles. The van der Waals surface area contributed by atoms with Gasteiger partial charge in [-0.1, -0.05) is 23.8 Å². The number of aryl methyl sites for hydroxylation is 1. The number of anilines is 1. The highest BCUT2D eigenvalue weighted by Gasteiger charge is 2.35. The maximum Gasteiger partial charge on any atom is 0.261 e. The van der Waals surface area contributed by atoms with E-state index >= 15 is 0 Å². The predicted octanol–water partition coefficient (Wildman–Crippen LogP) is 4.33. The van der Waals surface area contributed by atoms with E-state index in [0.717, 1.165) is 18.4 Å². The van der Waals surface area contributed by atoms with Crippen molar-refractivity contribution in [3.8, 4) is 5.75 Å². The van der Waals surface area contributed by atoms with Crippen LogP contribution in [0.2, 0.25) is 0 Å². The van der Waals surface area contributed by atoms with Crippen molar-refractivity contribution in [2.45, 2.75) is 51.6 Å². The number of nitrogens with zero attached hydrogens (tertiary/aromatic N) is 1. The van der Waals surface area contributed by atoms with Gasteiger partial charge in [-0.3, -0.25) is 19.3 Å². The first-order valence-corrected chi connectivity index (χ1v) is 10.6. The van der Waals surface area contributed by atoms with E-state index in [1.54, 1.807) is 12.1 Å². The molecule has 0 aromatic heterocycles. The Labute approximate surface area is 176 Å². The molecule has 6 nitrogen and oxygen atoms in total. The van der Waals surface area contributed by atoms with Crippen molar-refractivity contribution in [1.82, 2.24) is 4.90 Å². The largest absolute Gasteiger partial charge is 0.488 e. The Hall–Kier alpha value is -3.15. The lowest BCUT2D eigenvalue weighted by atomic mass is 10.1. The number of para-hydroxylation sites is 2. The summed E-state index contributed by atoms with van der Waals surface area (Å²) in [6.45, 7) is 2.11. The maximum absolute atomic E-state index is 12.5. The lowest BCUT2D eigenvalue weighted by Gasteiger charge is -2.17. The van der Waals surface area contributed by atoms with E-state index < -0.39 is 0 Å². The van der Waals surface area contributed by atoms with Crippen LogP contribution in [0, 0.1) is 6.92 Å². The van der Waals surface area contributed by atoms with Crippen LogP contribution in [-0.2, 0) is 4.79 Å². The number of amides is 3. The second kappa shape index (κ2) is 8.69. The summed E-state index contributed by atoms with van der Waals surface area (Å²) in [7, 11) is 0. The third-order valence-electron chi connectivity index (χ3n) is 5.67. The van der Waals surface area contributed by atoms with Crippen molar-refractivity contribution in [3.05, 3.63) is 59.2 Å². The smallest absolute Gasteiger partial charge is 0.261 e. The summed E-state index contributed by atoms with van der Waals surface area (Å²) in [6.07, 6.45) is 5.27. The van der Waals surface area contributed by atoms with Crippen LogP contribution in [0.15, 0.2) is 42.5 Å². The normalized spacial score (nSPS) is 16.1. The van der Waals surface area contributed by atoms with E-state index in [-0.39, 0.29) is 36.8 Å². The van der Waals surface area contributed by atoms with Crippen molar-refractivity contribution >= 4 is 23.4 Å². The minimum Gasteiger partial charge on any atom is -0.488 e. The Kier molecular flexibility index (Phi) is 5.84. The van der Waals surface area contributed by atoms with Crippen LogP contribution in [-0.4, -0.2) is 35.3 Å². The van der Waals surface area contributed by atoms with E-state index in [1.807, 2.05) is 37.3 Å². The molecule has 1 aliphatic carbocycles. The van der Waals surface area contributed by atoms with E-state index in [4.69, 9.17) is 4.74 Å². The number of ether oxygens (including phenoxy) is 1. The molecule has 0 bridgehead atoms. The Morgan fingerprint density at radius 3 is 2.60 bits per heavy atom. The van der Waals surface area contributed by atoms with Gasteiger partial charge in [0.05, 0.1) is 22.9 Å². The van der Waals surface area contributed by atoms with Gasteiger partial charge in [0.1, 0.15) is 5.75 Å². The lowest BCUT2D eigenvalue weighted by molar-refractivity contribution is -0.116. The number of hydrogen-bond acceptors (Lipinski definition) is 4. The molecule has 0 spiro atoms. The summed E-state index contributed by atoms with van der Waals surface area (Å²) in [6, 6.07) is 12.7. The van der Waals surface area contributed by atoms with Gasteiger partial charge in [-0.25, -0.2) is 0 Å². The van der Waals surface area contributed by atoms with Crippen LogP contribution in [0.25, 0.3) is 0 Å². The maximum atomic E-state index is 12.5. The third-order valence-corrected chi connectivity index (χ3v) is 5.67. The average molecular weight is 406 g/mol. The first kappa shape index (κ1) is 20.1. The zero-order chi connectivity index (χ0) is 21.1. The SMILES string of the molecule is Cc1ccc2c(c1)C(=O)N(CCCC(=O)Nc1ccccc1OC1CCCC1)C2=O. The molecule has 2 aromatic rings. The summed E-state index contributed by atoms with van der Waals surface area (Å²) < 4.78 is 6.05. The predicted molar refractivity (Wildman–Crippen MR) is 114 cm³/mol. The molecule has 0 unspecified atom stereocenters. The van der Waals surface area contributed by atoms with Gasteiger partial charge < -0.3 is 10.1 Å². The van der Waals surface area contributed by atoms with Crippen LogP contribution in [0.5, 0.6) is 5.75 Å². The van der Waals surface area contributed by atoms with Gasteiger partial charge in [-0.2, -0.15) is 0 Å². The molecule has 2 aliphatic rings. The molecule has 0 atom stereocenters. The van der Waals surface area contributed by atoms with Crippen LogP contribution >= 0.6 is 0 Å². The minimum atomic E-state index is -0.286. The molecule has 4 rings (SSSR count). The monoisotopic (exact) mass is 406 g/mol. The number of rotatable bonds is 7. The number of carbonyl (C=O) groups is 3. The quantitative estimate of drug-likeness (QED) is 0.695. The second-order valence-corrected chi connectivity index (χ2v) is 7.98. The van der Waals surface area contributed by atoms with Crippen molar-refractivity contribution in [3.63, 3.8) is 0 Å². The number of benzene rings is 2. The Morgan fingerprint density at radius 1 is 1.07 bits per heavy atom. The van der Waals surface area contributed by atoms with Crippen molar-refractivity contribution in [2.24, 2.45) is 0 Å². The highest BCUT2D eigenvalue weighted by molar-refractivity contribution is 6.21. The van der Waals surface area contributed by atoms with Crippen molar-refractivity contribution < 1.29 is 19.1 Å². The van der Waals surface area contributed by atoms with Crippen molar-refractivity contribution in [1.29, 1.82) is 0 Å². The van der Waals surface area contributed by atoms with Crippen LogP contribution in [0.4, 0.5) is 5.69 Å². The van der Waals surface area contributed by atoms with Crippen LogP contribution in [0.1, 0.15) is 64.8 Å². The summed E-state index contributed by atoms with van der Waals surface area (Å²) >= 11 is 0. The summed E-state index contributed by atoms with van der Waals surface area (Å²) in [5, 5.41) is 2.90. The Balaban J connectivity index is 1.31. The molecule has 6 heteroatoms. The highest BCUT2D eigenvalue weighted by atomic mass is 16.5. The Bertz CT molecular complexity index is 979. The standard InChI is InChI=1S/C24H26N2O4/c1-16-12-13-18-19(15-16)24(29)26(23(18)28)14-6-11-22(27)25-20-9-4-5-10-21(20)30-17-7-2-3-8-17/h4-5,9-10,12-13,15,17H,2-3,6-8,11,14H2,1H3,(H,25,27). The molecule has 1 heterocycles. The topological polar surface area (TPSA) is 75.7 Å². The third kappa shape index (κ3) is 4.22. The molecule has 0 saturated heterocycles. The average Bonchev–Trinajstić information content (AvgIpc) is 3.32. The molecule has 1 aliphatic heterocycles. The van der Waals surface area contributed by atoms with Gasteiger partial charge >= 0.3 is 0 Å². The van der Waals surface area contributed by atoms with Gasteiger partial charge in [0.15, 0.2) is 0 Å². The van der Waals surface area contributed by atoms with Crippen LogP contribution in [0.3, 0.4) is 0 Å². The zero-order valence-electron chi connectivity index (χ0n) is 17.1. The van der Waals surface area contributed by atoms with Gasteiger partial charge in [0, 0.05) is 13.0 Å². The number of nitrogens with one attached hydrogen (secondary N) is 1. The van der Waals surface area contributed by atoms with E-state index in [2.05, 4.69) is 5.32 Å². The second-order valence-electron chi connectivity index (χ2n) is 7.98. The van der Waals surface area contributed by atoms with Gasteiger partial charge in [0.2, 0.25) is 5.91 Å². The molecule has 2 aromatic carbocycles. The number of imide groups is 1. The molecular formula is C24H26N2O4. The first-order valence-electron chi connectivity index (χ1n) is 10.6. The fourth-order valence-electron chi connectivity index (χ4n) is 4.08. The number of carbonyl (C=O) groups excluding carboxylic acids is 3. The minimum absolute atomic E-state index is 0.162. The van der Waals surface area contributed by atoms with E-state index in [0.29, 0.717) is 29.0 Å². The molecular weight excluding hydrogens is 380 g/mol.